The molecule has 0 aromatic heterocycles. The van der Waals surface area contributed by atoms with Crippen LogP contribution >= 0.6 is 0 Å². The Balaban J connectivity index is 1.98. The van der Waals surface area contributed by atoms with Gasteiger partial charge in [0, 0.05) is 20.0 Å². The van der Waals surface area contributed by atoms with E-state index in [1.165, 1.54) is 5.56 Å². The largest absolute Gasteiger partial charge is 0.341 e. The molecule has 2 aromatic rings. The highest BCUT2D eigenvalue weighted by atomic mass is 32.2. The van der Waals surface area contributed by atoms with Gasteiger partial charge >= 0.3 is 0 Å². The van der Waals surface area contributed by atoms with Crippen molar-refractivity contribution in [2.24, 2.45) is 0 Å². The molecule has 0 bridgehead atoms. The Morgan fingerprint density at radius 2 is 1.56 bits per heavy atom. The quantitative estimate of drug-likeness (QED) is 0.794. The summed E-state index contributed by atoms with van der Waals surface area (Å²) in [6.07, 6.45) is -0.0163. The first-order valence-electron chi connectivity index (χ1n) is 8.28. The lowest BCUT2D eigenvalue weighted by molar-refractivity contribution is -0.130. The fraction of sp³-hybridized carbons (Fsp3) is 0.350. The summed E-state index contributed by atoms with van der Waals surface area (Å²) in [5.74, 6) is -0.345. The highest BCUT2D eigenvalue weighted by Gasteiger charge is 2.18. The van der Waals surface area contributed by atoms with E-state index in [2.05, 4.69) is 6.07 Å². The summed E-state index contributed by atoms with van der Waals surface area (Å²) in [5, 5.41) is 0. The average molecular weight is 359 g/mol. The second-order valence-corrected chi connectivity index (χ2v) is 8.67. The topological polar surface area (TPSA) is 54.5 Å². The lowest BCUT2D eigenvalue weighted by atomic mass is 10.1. The smallest absolute Gasteiger partial charge is 0.223 e. The number of nitrogens with zero attached hydrogens (tertiary/aromatic N) is 1. The number of carbonyl (C=O) groups excluding carboxylic acids is 1. The molecule has 5 heteroatoms. The van der Waals surface area contributed by atoms with Gasteiger partial charge in [-0.3, -0.25) is 4.79 Å². The van der Waals surface area contributed by atoms with Crippen LogP contribution in [0.1, 0.15) is 28.7 Å². The molecule has 0 aliphatic rings. The fourth-order valence-corrected chi connectivity index (χ4v) is 3.87. The molecule has 134 valence electrons. The maximum Gasteiger partial charge on any atom is 0.223 e. The van der Waals surface area contributed by atoms with Gasteiger partial charge in [-0.15, -0.1) is 0 Å². The van der Waals surface area contributed by atoms with Crippen LogP contribution in [0, 0.1) is 20.8 Å². The number of aryl methyl sites for hydroxylation is 3. The van der Waals surface area contributed by atoms with Crippen molar-refractivity contribution in [2.45, 2.75) is 38.6 Å². The normalized spacial score (nSPS) is 11.4. The molecular weight excluding hydrogens is 334 g/mol. The van der Waals surface area contributed by atoms with Crippen molar-refractivity contribution in [3.05, 3.63) is 64.7 Å². The summed E-state index contributed by atoms with van der Waals surface area (Å²) in [7, 11) is -1.73. The first-order chi connectivity index (χ1) is 11.7. The number of carbonyl (C=O) groups is 1. The van der Waals surface area contributed by atoms with E-state index in [0.29, 0.717) is 6.54 Å². The van der Waals surface area contributed by atoms with Crippen molar-refractivity contribution >= 4 is 15.7 Å². The first kappa shape index (κ1) is 19.2. The average Bonchev–Trinajstić information content (AvgIpc) is 2.55. The van der Waals surface area contributed by atoms with E-state index in [1.54, 1.807) is 36.2 Å². The Labute approximate surface area is 150 Å². The van der Waals surface area contributed by atoms with Gasteiger partial charge in [-0.25, -0.2) is 8.42 Å². The predicted octanol–water partition coefficient (Wildman–Crippen LogP) is 3.43. The Kier molecular flexibility index (Phi) is 6.01. The molecule has 4 nitrogen and oxygen atoms in total. The SMILES string of the molecule is Cc1ccc(S(=O)(=O)CCC(=O)N(C)Cc2ccc(C)cc2C)cc1. The molecule has 0 N–H and O–H groups in total. The highest BCUT2D eigenvalue weighted by molar-refractivity contribution is 7.91. The van der Waals surface area contributed by atoms with Crippen LogP contribution in [0.4, 0.5) is 0 Å². The third kappa shape index (κ3) is 5.16. The molecule has 2 rings (SSSR count). The summed E-state index contributed by atoms with van der Waals surface area (Å²) in [4.78, 5) is 14.2. The van der Waals surface area contributed by atoms with E-state index < -0.39 is 9.84 Å². The third-order valence-electron chi connectivity index (χ3n) is 4.30. The predicted molar refractivity (Wildman–Crippen MR) is 100 cm³/mol. The molecule has 0 aliphatic carbocycles. The Hall–Kier alpha value is -2.14. The third-order valence-corrected chi connectivity index (χ3v) is 6.03. The van der Waals surface area contributed by atoms with E-state index in [4.69, 9.17) is 0 Å². The van der Waals surface area contributed by atoms with E-state index in [0.717, 1.165) is 16.7 Å². The van der Waals surface area contributed by atoms with Gasteiger partial charge in [0.1, 0.15) is 0 Å². The number of hydrogen-bond donors (Lipinski definition) is 0. The minimum Gasteiger partial charge on any atom is -0.341 e. The van der Waals surface area contributed by atoms with Crippen LogP contribution in [0.25, 0.3) is 0 Å². The summed E-state index contributed by atoms with van der Waals surface area (Å²) in [6, 6.07) is 12.8. The van der Waals surface area contributed by atoms with Crippen LogP contribution in [0.2, 0.25) is 0 Å². The summed E-state index contributed by atoms with van der Waals surface area (Å²) >= 11 is 0. The minimum atomic E-state index is -3.44. The number of amides is 1. The van der Waals surface area contributed by atoms with Crippen LogP contribution < -0.4 is 0 Å². The molecule has 2 aromatic carbocycles. The Morgan fingerprint density at radius 1 is 0.960 bits per heavy atom. The molecule has 0 saturated heterocycles. The van der Waals surface area contributed by atoms with E-state index >= 15 is 0 Å². The van der Waals surface area contributed by atoms with Crippen LogP contribution in [-0.4, -0.2) is 32.0 Å². The lowest BCUT2D eigenvalue weighted by Crippen LogP contribution is -2.28. The van der Waals surface area contributed by atoms with Gasteiger partial charge in [0.2, 0.25) is 5.91 Å². The summed E-state index contributed by atoms with van der Waals surface area (Å²) in [6.45, 7) is 6.43. The molecule has 0 fully saturated rings. The zero-order valence-corrected chi connectivity index (χ0v) is 16.1. The first-order valence-corrected chi connectivity index (χ1v) is 9.94. The molecule has 25 heavy (non-hydrogen) atoms. The molecule has 0 heterocycles. The van der Waals surface area contributed by atoms with Crippen LogP contribution in [-0.2, 0) is 21.2 Å². The van der Waals surface area contributed by atoms with E-state index in [-0.39, 0.29) is 23.0 Å². The molecule has 0 atom stereocenters. The van der Waals surface area contributed by atoms with E-state index in [9.17, 15) is 13.2 Å². The molecule has 1 amide bonds. The van der Waals surface area contributed by atoms with E-state index in [1.807, 2.05) is 32.9 Å². The van der Waals surface area contributed by atoms with Crippen molar-refractivity contribution in [3.63, 3.8) is 0 Å². The number of hydrogen-bond acceptors (Lipinski definition) is 3. The van der Waals surface area contributed by atoms with Gasteiger partial charge < -0.3 is 4.90 Å². The molecule has 0 spiro atoms. The number of sulfone groups is 1. The second-order valence-electron chi connectivity index (χ2n) is 6.56. The van der Waals surface area contributed by atoms with Crippen molar-refractivity contribution in [2.75, 3.05) is 12.8 Å². The summed E-state index contributed by atoms with van der Waals surface area (Å²) < 4.78 is 24.7. The Morgan fingerprint density at radius 3 is 2.16 bits per heavy atom. The second kappa shape index (κ2) is 7.83. The maximum atomic E-state index is 12.3. The molecule has 0 radical (unpaired) electrons. The lowest BCUT2D eigenvalue weighted by Gasteiger charge is -2.19. The van der Waals surface area contributed by atoms with Crippen molar-refractivity contribution in [1.29, 1.82) is 0 Å². The molecule has 0 unspecified atom stereocenters. The van der Waals surface area contributed by atoms with Crippen LogP contribution in [0.3, 0.4) is 0 Å². The molecular formula is C20H25NO3S. The van der Waals surface area contributed by atoms with Crippen molar-refractivity contribution < 1.29 is 13.2 Å². The molecule has 0 saturated carbocycles. The zero-order valence-electron chi connectivity index (χ0n) is 15.2. The minimum absolute atomic E-state index is 0.0163. The van der Waals surface area contributed by atoms with Gasteiger partial charge in [-0.1, -0.05) is 41.5 Å². The maximum absolute atomic E-state index is 12.3. The summed E-state index contributed by atoms with van der Waals surface area (Å²) in [5.41, 5.74) is 4.39. The van der Waals surface area contributed by atoms with Gasteiger partial charge in [0.25, 0.3) is 0 Å². The number of rotatable bonds is 6. The van der Waals surface area contributed by atoms with Gasteiger partial charge in [-0.05, 0) is 44.0 Å². The standard InChI is InChI=1S/C20H25NO3S/c1-15-6-9-19(10-7-15)25(23,24)12-11-20(22)21(4)14-18-8-5-16(2)13-17(18)3/h5-10,13H,11-12,14H2,1-4H3. The number of benzene rings is 2. The highest BCUT2D eigenvalue weighted by Crippen LogP contribution is 2.15. The van der Waals surface area contributed by atoms with Crippen molar-refractivity contribution in [1.82, 2.24) is 4.90 Å². The van der Waals surface area contributed by atoms with Gasteiger partial charge in [0.05, 0.1) is 10.6 Å². The van der Waals surface area contributed by atoms with Gasteiger partial charge in [0.15, 0.2) is 9.84 Å². The Bertz CT molecular complexity index is 855. The molecule has 0 aliphatic heterocycles. The van der Waals surface area contributed by atoms with Crippen LogP contribution in [0.15, 0.2) is 47.4 Å². The zero-order chi connectivity index (χ0) is 18.6. The fourth-order valence-electron chi connectivity index (χ4n) is 2.64. The monoisotopic (exact) mass is 359 g/mol. The van der Waals surface area contributed by atoms with Crippen LogP contribution in [0.5, 0.6) is 0 Å². The van der Waals surface area contributed by atoms with Crippen molar-refractivity contribution in [3.8, 4) is 0 Å². The van der Waals surface area contributed by atoms with Gasteiger partial charge in [-0.2, -0.15) is 0 Å².